The third kappa shape index (κ3) is 5.81. The first-order chi connectivity index (χ1) is 14.7. The van der Waals surface area contributed by atoms with Crippen molar-refractivity contribution in [2.75, 3.05) is 18.6 Å². The van der Waals surface area contributed by atoms with E-state index in [1.54, 1.807) is 31.4 Å². The number of nitrogens with one attached hydrogen (secondary N) is 1. The molecule has 1 fully saturated rings. The van der Waals surface area contributed by atoms with Crippen LogP contribution in [0.2, 0.25) is 0 Å². The van der Waals surface area contributed by atoms with Gasteiger partial charge in [-0.25, -0.2) is 18.2 Å². The molecule has 11 heteroatoms. The minimum atomic E-state index is -3.21. The number of ether oxygens (including phenoxy) is 2. The van der Waals surface area contributed by atoms with Crippen molar-refractivity contribution >= 4 is 33.3 Å². The summed E-state index contributed by atoms with van der Waals surface area (Å²) in [6.45, 7) is 1.70. The standard InChI is InChI=1S/C20H25N3O7S/c1-13(19(25)21-11-14-3-5-16(29-2)6-4-14)30-20(26)17-7-8-18(24)23(22-17)15-9-10-31(27,28)12-15/h3-6,13,15H,7-12H2,1-2H3,(H,21,25)/t13-,15+/m1/s1. The molecule has 0 aromatic heterocycles. The molecule has 168 valence electrons. The average molecular weight is 452 g/mol. The third-order valence-corrected chi connectivity index (χ3v) is 6.88. The van der Waals surface area contributed by atoms with Crippen molar-refractivity contribution in [1.82, 2.24) is 10.3 Å². The van der Waals surface area contributed by atoms with Crippen molar-refractivity contribution in [3.05, 3.63) is 29.8 Å². The summed E-state index contributed by atoms with van der Waals surface area (Å²) in [7, 11) is -1.64. The maximum Gasteiger partial charge on any atom is 0.355 e. The minimum absolute atomic E-state index is 0.00120. The maximum atomic E-state index is 12.4. The SMILES string of the molecule is COc1ccc(CNC(=O)[C@@H](C)OC(=O)C2=NN([C@H]3CCS(=O)(=O)C3)C(=O)CC2)cc1. The van der Waals surface area contributed by atoms with Gasteiger partial charge in [0, 0.05) is 19.4 Å². The monoisotopic (exact) mass is 451 g/mol. The summed E-state index contributed by atoms with van der Waals surface area (Å²) in [6.07, 6.45) is -0.674. The van der Waals surface area contributed by atoms with Crippen molar-refractivity contribution in [3.8, 4) is 5.75 Å². The van der Waals surface area contributed by atoms with Gasteiger partial charge in [0.25, 0.3) is 5.91 Å². The molecular weight excluding hydrogens is 426 g/mol. The topological polar surface area (TPSA) is 131 Å². The van der Waals surface area contributed by atoms with Gasteiger partial charge in [0.05, 0.1) is 24.7 Å². The van der Waals surface area contributed by atoms with Crippen LogP contribution >= 0.6 is 0 Å². The van der Waals surface area contributed by atoms with E-state index in [0.717, 1.165) is 10.6 Å². The fourth-order valence-electron chi connectivity index (χ4n) is 3.33. The molecule has 31 heavy (non-hydrogen) atoms. The summed E-state index contributed by atoms with van der Waals surface area (Å²) >= 11 is 0. The third-order valence-electron chi connectivity index (χ3n) is 5.13. The lowest BCUT2D eigenvalue weighted by Crippen LogP contribution is -2.43. The van der Waals surface area contributed by atoms with E-state index < -0.39 is 33.9 Å². The molecule has 2 atom stereocenters. The van der Waals surface area contributed by atoms with Crippen LogP contribution < -0.4 is 10.1 Å². The molecule has 2 aliphatic rings. The van der Waals surface area contributed by atoms with Gasteiger partial charge in [0.2, 0.25) is 5.91 Å². The van der Waals surface area contributed by atoms with Crippen molar-refractivity contribution in [3.63, 3.8) is 0 Å². The fourth-order valence-corrected chi connectivity index (χ4v) is 5.02. The normalized spacial score (nSPS) is 21.2. The Morgan fingerprint density at radius 1 is 1.26 bits per heavy atom. The minimum Gasteiger partial charge on any atom is -0.497 e. The number of nitrogens with zero attached hydrogens (tertiary/aromatic N) is 2. The predicted octanol–water partition coefficient (Wildman–Crippen LogP) is 0.409. The van der Waals surface area contributed by atoms with Gasteiger partial charge in [-0.1, -0.05) is 12.1 Å². The number of hydrogen-bond acceptors (Lipinski definition) is 8. The zero-order chi connectivity index (χ0) is 22.6. The number of benzene rings is 1. The Labute approximate surface area is 180 Å². The average Bonchev–Trinajstić information content (AvgIpc) is 3.11. The highest BCUT2D eigenvalue weighted by atomic mass is 32.2. The van der Waals surface area contributed by atoms with Gasteiger partial charge in [-0.05, 0) is 31.0 Å². The van der Waals surface area contributed by atoms with Crippen LogP contribution in [0, 0.1) is 0 Å². The van der Waals surface area contributed by atoms with Crippen molar-refractivity contribution in [1.29, 1.82) is 0 Å². The van der Waals surface area contributed by atoms with E-state index in [9.17, 15) is 22.8 Å². The molecule has 2 aliphatic heterocycles. The smallest absolute Gasteiger partial charge is 0.355 e. The Kier molecular flexibility index (Phi) is 6.94. The molecule has 3 rings (SSSR count). The van der Waals surface area contributed by atoms with Gasteiger partial charge >= 0.3 is 5.97 Å². The number of carbonyl (C=O) groups is 3. The second-order valence-electron chi connectivity index (χ2n) is 7.46. The summed E-state index contributed by atoms with van der Waals surface area (Å²) in [5.41, 5.74) is 0.851. The number of esters is 1. The van der Waals surface area contributed by atoms with Crippen LogP contribution in [0.5, 0.6) is 5.75 Å². The molecular formula is C20H25N3O7S. The largest absolute Gasteiger partial charge is 0.497 e. The molecule has 2 amide bonds. The molecule has 1 aromatic rings. The summed E-state index contributed by atoms with van der Waals surface area (Å²) in [4.78, 5) is 36.9. The molecule has 2 heterocycles. The van der Waals surface area contributed by atoms with Crippen molar-refractivity contribution in [2.24, 2.45) is 5.10 Å². The van der Waals surface area contributed by atoms with E-state index in [1.165, 1.54) is 6.92 Å². The first kappa shape index (κ1) is 22.7. The van der Waals surface area contributed by atoms with Crippen LogP contribution in [0.15, 0.2) is 29.4 Å². The molecule has 1 N–H and O–H groups in total. The fraction of sp³-hybridized carbons (Fsp3) is 0.500. The van der Waals surface area contributed by atoms with Gasteiger partial charge in [0.15, 0.2) is 15.9 Å². The van der Waals surface area contributed by atoms with E-state index in [0.29, 0.717) is 5.75 Å². The van der Waals surface area contributed by atoms with E-state index in [1.807, 2.05) is 0 Å². The molecule has 1 aromatic carbocycles. The lowest BCUT2D eigenvalue weighted by Gasteiger charge is -2.27. The quantitative estimate of drug-likeness (QED) is 0.594. The lowest BCUT2D eigenvalue weighted by atomic mass is 10.1. The van der Waals surface area contributed by atoms with Crippen LogP contribution in [0.4, 0.5) is 0 Å². The second kappa shape index (κ2) is 9.46. The molecule has 0 spiro atoms. The number of carbonyl (C=O) groups excluding carboxylic acids is 3. The Balaban J connectivity index is 1.55. The highest BCUT2D eigenvalue weighted by molar-refractivity contribution is 7.91. The summed E-state index contributed by atoms with van der Waals surface area (Å²) in [6, 6.07) is 6.58. The Morgan fingerprint density at radius 3 is 2.58 bits per heavy atom. The predicted molar refractivity (Wildman–Crippen MR) is 111 cm³/mol. The number of amides is 2. The van der Waals surface area contributed by atoms with Gasteiger partial charge in [0.1, 0.15) is 11.5 Å². The highest BCUT2D eigenvalue weighted by Crippen LogP contribution is 2.22. The van der Waals surface area contributed by atoms with E-state index >= 15 is 0 Å². The second-order valence-corrected chi connectivity index (χ2v) is 9.68. The Hall–Kier alpha value is -2.95. The number of hydrogen-bond donors (Lipinski definition) is 1. The maximum absolute atomic E-state index is 12.4. The van der Waals surface area contributed by atoms with E-state index in [-0.39, 0.29) is 48.9 Å². The number of methoxy groups -OCH3 is 1. The van der Waals surface area contributed by atoms with Crippen LogP contribution in [0.25, 0.3) is 0 Å². The number of rotatable bonds is 7. The first-order valence-electron chi connectivity index (χ1n) is 9.90. The highest BCUT2D eigenvalue weighted by Gasteiger charge is 2.37. The first-order valence-corrected chi connectivity index (χ1v) is 11.7. The van der Waals surface area contributed by atoms with Gasteiger partial charge in [-0.2, -0.15) is 5.10 Å². The van der Waals surface area contributed by atoms with Crippen LogP contribution in [0.3, 0.4) is 0 Å². The molecule has 1 saturated heterocycles. The van der Waals surface area contributed by atoms with Crippen LogP contribution in [-0.2, 0) is 35.5 Å². The number of hydrazone groups is 1. The van der Waals surface area contributed by atoms with Crippen molar-refractivity contribution < 1.29 is 32.3 Å². The van der Waals surface area contributed by atoms with Gasteiger partial charge in [-0.3, -0.25) is 9.59 Å². The molecule has 0 bridgehead atoms. The van der Waals surface area contributed by atoms with E-state index in [2.05, 4.69) is 10.4 Å². The molecule has 0 aliphatic carbocycles. The molecule has 10 nitrogen and oxygen atoms in total. The summed E-state index contributed by atoms with van der Waals surface area (Å²) in [5.74, 6) is -1.09. The Morgan fingerprint density at radius 2 is 1.97 bits per heavy atom. The number of sulfone groups is 1. The summed E-state index contributed by atoms with van der Waals surface area (Å²) in [5, 5.41) is 7.82. The molecule has 0 saturated carbocycles. The summed E-state index contributed by atoms with van der Waals surface area (Å²) < 4.78 is 33.7. The Bertz CT molecular complexity index is 989. The molecule has 0 radical (unpaired) electrons. The van der Waals surface area contributed by atoms with Crippen LogP contribution in [0.1, 0.15) is 31.7 Å². The lowest BCUT2D eigenvalue weighted by molar-refractivity contribution is -0.149. The van der Waals surface area contributed by atoms with E-state index in [4.69, 9.17) is 9.47 Å². The van der Waals surface area contributed by atoms with Gasteiger partial charge in [-0.15, -0.1) is 0 Å². The van der Waals surface area contributed by atoms with Gasteiger partial charge < -0.3 is 14.8 Å². The van der Waals surface area contributed by atoms with Crippen molar-refractivity contribution in [2.45, 2.75) is 44.9 Å². The zero-order valence-electron chi connectivity index (χ0n) is 17.4. The zero-order valence-corrected chi connectivity index (χ0v) is 18.2. The van der Waals surface area contributed by atoms with Crippen LogP contribution in [-0.4, -0.2) is 67.7 Å². The molecule has 0 unspecified atom stereocenters.